The van der Waals surface area contributed by atoms with Crippen LogP contribution in [0.4, 0.5) is 8.78 Å². The van der Waals surface area contributed by atoms with E-state index >= 15 is 0 Å². The first-order valence-corrected chi connectivity index (χ1v) is 11.6. The third kappa shape index (κ3) is 3.12. The van der Waals surface area contributed by atoms with Gasteiger partial charge in [0.1, 0.15) is 18.5 Å². The highest BCUT2D eigenvalue weighted by Crippen LogP contribution is 2.64. The van der Waals surface area contributed by atoms with Gasteiger partial charge in [-0.15, -0.1) is 5.10 Å². The van der Waals surface area contributed by atoms with E-state index in [2.05, 4.69) is 22.4 Å². The van der Waals surface area contributed by atoms with Crippen molar-refractivity contribution >= 4 is 5.78 Å². The molecule has 8 heteroatoms. The van der Waals surface area contributed by atoms with Gasteiger partial charge in [0.2, 0.25) is 0 Å². The van der Waals surface area contributed by atoms with Gasteiger partial charge in [-0.2, -0.15) is 0 Å². The van der Waals surface area contributed by atoms with Gasteiger partial charge in [-0.25, -0.2) is 13.5 Å². The number of carbonyl (C=O) groups excluding carboxylic acids is 1. The van der Waals surface area contributed by atoms with Crippen molar-refractivity contribution in [2.24, 2.45) is 40.9 Å². The first kappa shape index (κ1) is 20.5. The van der Waals surface area contributed by atoms with E-state index in [0.717, 1.165) is 44.9 Å². The van der Waals surface area contributed by atoms with Gasteiger partial charge in [0.05, 0.1) is 0 Å². The minimum Gasteiger partial charge on any atom is -0.384 e. The van der Waals surface area contributed by atoms with Crippen LogP contribution in [0.15, 0.2) is 6.33 Å². The summed E-state index contributed by atoms with van der Waals surface area (Å²) in [5.41, 5.74) is -1.75. The first-order chi connectivity index (χ1) is 14.3. The third-order valence-corrected chi connectivity index (χ3v) is 9.55. The van der Waals surface area contributed by atoms with Gasteiger partial charge in [-0.1, -0.05) is 6.92 Å². The van der Waals surface area contributed by atoms with Crippen LogP contribution in [0.3, 0.4) is 0 Å². The highest BCUT2D eigenvalue weighted by Gasteiger charge is 2.59. The van der Waals surface area contributed by atoms with E-state index in [1.165, 1.54) is 11.0 Å². The number of alkyl halides is 2. The molecule has 0 aliphatic heterocycles. The Labute approximate surface area is 175 Å². The minimum absolute atomic E-state index is 0.0253. The van der Waals surface area contributed by atoms with Crippen LogP contribution >= 0.6 is 0 Å². The number of aliphatic hydroxyl groups is 1. The maximum absolute atomic E-state index is 13.4. The second-order valence-corrected chi connectivity index (χ2v) is 10.7. The van der Waals surface area contributed by atoms with Crippen molar-refractivity contribution in [2.45, 2.75) is 83.3 Å². The summed E-state index contributed by atoms with van der Waals surface area (Å²) in [5.74, 6) is 2.67. The van der Waals surface area contributed by atoms with Crippen molar-refractivity contribution in [2.75, 3.05) is 0 Å². The summed E-state index contributed by atoms with van der Waals surface area (Å²) in [6.07, 6.45) is 6.19. The molecule has 8 atom stereocenters. The molecule has 0 radical (unpaired) electrons. The molecule has 5 rings (SSSR count). The maximum atomic E-state index is 13.4. The van der Waals surface area contributed by atoms with E-state index in [0.29, 0.717) is 23.7 Å². The summed E-state index contributed by atoms with van der Waals surface area (Å²) in [6, 6.07) is 0. The van der Waals surface area contributed by atoms with Crippen molar-refractivity contribution in [3.8, 4) is 0 Å². The van der Waals surface area contributed by atoms with Crippen LogP contribution in [0.5, 0.6) is 0 Å². The number of rotatable bonds is 4. The number of ketones is 1. The summed E-state index contributed by atoms with van der Waals surface area (Å²) in [4.78, 5) is 13.1. The smallest absolute Gasteiger partial charge is 0.266 e. The minimum atomic E-state index is -2.65. The monoisotopic (exact) mass is 422 g/mol. The maximum Gasteiger partial charge on any atom is 0.266 e. The van der Waals surface area contributed by atoms with Gasteiger partial charge in [0.25, 0.3) is 6.43 Å². The van der Waals surface area contributed by atoms with E-state index in [1.807, 2.05) is 0 Å². The SMILES string of the molecule is C[C@]12CC[C@@H]3C4CC[C@](O)(C(F)F)C[C@H]4CC[C@H]3[C@@H]1CC[C@@H]2C(=O)Cn1cnnn1. The molecule has 166 valence electrons. The Kier molecular flexibility index (Phi) is 4.99. The van der Waals surface area contributed by atoms with Gasteiger partial charge in [0, 0.05) is 5.92 Å². The molecular weight excluding hydrogens is 390 g/mol. The summed E-state index contributed by atoms with van der Waals surface area (Å²) in [7, 11) is 0. The second kappa shape index (κ2) is 7.31. The lowest BCUT2D eigenvalue weighted by molar-refractivity contribution is -0.160. The number of aromatic nitrogens is 4. The summed E-state index contributed by atoms with van der Waals surface area (Å²) >= 11 is 0. The zero-order valence-corrected chi connectivity index (χ0v) is 17.6. The number of fused-ring (bicyclic) bond motifs is 5. The van der Waals surface area contributed by atoms with E-state index in [1.54, 1.807) is 0 Å². The molecule has 1 N–H and O–H groups in total. The van der Waals surface area contributed by atoms with Gasteiger partial charge in [0.15, 0.2) is 5.78 Å². The Balaban J connectivity index is 1.30. The predicted molar refractivity (Wildman–Crippen MR) is 104 cm³/mol. The van der Waals surface area contributed by atoms with Crippen LogP contribution in [0, 0.1) is 40.9 Å². The summed E-state index contributed by atoms with van der Waals surface area (Å²) in [6.45, 7) is 2.55. The van der Waals surface area contributed by atoms with Crippen LogP contribution in [0.1, 0.15) is 64.7 Å². The largest absolute Gasteiger partial charge is 0.384 e. The molecule has 1 aromatic heterocycles. The van der Waals surface area contributed by atoms with E-state index in [-0.39, 0.29) is 42.4 Å². The van der Waals surface area contributed by atoms with Crippen LogP contribution in [-0.4, -0.2) is 43.1 Å². The summed E-state index contributed by atoms with van der Waals surface area (Å²) in [5, 5.41) is 21.5. The lowest BCUT2D eigenvalue weighted by Crippen LogP contribution is -2.53. The molecule has 0 aromatic carbocycles. The molecule has 1 heterocycles. The summed E-state index contributed by atoms with van der Waals surface area (Å²) < 4.78 is 28.3. The highest BCUT2D eigenvalue weighted by molar-refractivity contribution is 5.82. The molecule has 1 aromatic rings. The number of nitrogens with zero attached hydrogens (tertiary/aromatic N) is 4. The third-order valence-electron chi connectivity index (χ3n) is 9.55. The van der Waals surface area contributed by atoms with Gasteiger partial charge in [-0.3, -0.25) is 4.79 Å². The topological polar surface area (TPSA) is 80.9 Å². The molecule has 6 nitrogen and oxygen atoms in total. The fourth-order valence-electron chi connectivity index (χ4n) is 8.16. The number of halogens is 2. The standard InChI is InChI=1S/C22H32F2N4O2/c1-21-8-6-15-14-7-9-22(30,20(23)24)10-13(14)2-3-16(15)17(21)4-5-18(21)19(29)11-28-12-25-26-27-28/h12-18,20,30H,2-11H2,1H3/t13-,14?,15-,16-,17+,18-,21+,22-/m1/s1. The van der Waals surface area contributed by atoms with Crippen molar-refractivity contribution < 1.29 is 18.7 Å². The fourth-order valence-corrected chi connectivity index (χ4v) is 8.16. The second-order valence-electron chi connectivity index (χ2n) is 10.7. The van der Waals surface area contributed by atoms with Crippen molar-refractivity contribution in [1.82, 2.24) is 20.2 Å². The Morgan fingerprint density at radius 1 is 1.13 bits per heavy atom. The van der Waals surface area contributed by atoms with Crippen molar-refractivity contribution in [3.63, 3.8) is 0 Å². The van der Waals surface area contributed by atoms with E-state index < -0.39 is 12.0 Å². The predicted octanol–water partition coefficient (Wildman–Crippen LogP) is 3.51. The quantitative estimate of drug-likeness (QED) is 0.803. The number of hydrogen-bond donors (Lipinski definition) is 1. The van der Waals surface area contributed by atoms with Gasteiger partial charge >= 0.3 is 0 Å². The van der Waals surface area contributed by atoms with Gasteiger partial charge < -0.3 is 5.11 Å². The number of hydrogen-bond acceptors (Lipinski definition) is 5. The Hall–Kier alpha value is -1.44. The average molecular weight is 423 g/mol. The molecule has 0 amide bonds. The highest BCUT2D eigenvalue weighted by atomic mass is 19.3. The van der Waals surface area contributed by atoms with E-state index in [4.69, 9.17) is 0 Å². The normalized spacial score (nSPS) is 45.6. The molecule has 0 bridgehead atoms. The zero-order valence-electron chi connectivity index (χ0n) is 17.6. The Bertz CT molecular complexity index is 790. The Morgan fingerprint density at radius 2 is 1.93 bits per heavy atom. The molecular formula is C22H32F2N4O2. The molecule has 4 saturated carbocycles. The number of carbonyl (C=O) groups is 1. The zero-order chi connectivity index (χ0) is 21.1. The molecule has 1 unspecified atom stereocenters. The molecule has 0 saturated heterocycles. The van der Waals surface area contributed by atoms with Crippen molar-refractivity contribution in [1.29, 1.82) is 0 Å². The van der Waals surface area contributed by atoms with Crippen molar-refractivity contribution in [3.05, 3.63) is 6.33 Å². The molecule has 4 aliphatic carbocycles. The van der Waals surface area contributed by atoms with Crippen LogP contribution in [-0.2, 0) is 11.3 Å². The fraction of sp³-hybridized carbons (Fsp3) is 0.909. The number of tetrazole rings is 1. The van der Waals surface area contributed by atoms with Crippen LogP contribution in [0.25, 0.3) is 0 Å². The average Bonchev–Trinajstić information content (AvgIpc) is 3.34. The van der Waals surface area contributed by atoms with Crippen LogP contribution < -0.4 is 0 Å². The molecule has 4 fully saturated rings. The lowest BCUT2D eigenvalue weighted by atomic mass is 9.49. The van der Waals surface area contributed by atoms with Gasteiger partial charge in [-0.05, 0) is 103 Å². The number of Topliss-reactive ketones (excluding diaryl/α,β-unsaturated/α-hetero) is 1. The molecule has 0 spiro atoms. The molecule has 30 heavy (non-hydrogen) atoms. The first-order valence-electron chi connectivity index (χ1n) is 11.6. The van der Waals surface area contributed by atoms with E-state index in [9.17, 15) is 18.7 Å². The lowest BCUT2D eigenvalue weighted by Gasteiger charge is -2.57. The Morgan fingerprint density at radius 3 is 2.67 bits per heavy atom. The molecule has 4 aliphatic rings. The van der Waals surface area contributed by atoms with Crippen LogP contribution in [0.2, 0.25) is 0 Å².